The van der Waals surface area contributed by atoms with Crippen LogP contribution in [0.2, 0.25) is 0 Å². The van der Waals surface area contributed by atoms with E-state index in [1.807, 2.05) is 25.7 Å². The molecule has 1 N–H and O–H groups in total. The monoisotopic (exact) mass is 532 g/mol. The van der Waals surface area contributed by atoms with Gasteiger partial charge in [0.25, 0.3) is 0 Å². The molecule has 1 aliphatic heterocycles. The molecule has 0 radical (unpaired) electrons. The van der Waals surface area contributed by atoms with Gasteiger partial charge in [-0.15, -0.1) is 0 Å². The number of benzene rings is 2. The van der Waals surface area contributed by atoms with E-state index < -0.39 is 5.60 Å². The van der Waals surface area contributed by atoms with Gasteiger partial charge in [0.2, 0.25) is 0 Å². The molecule has 1 amide bonds. The highest BCUT2D eigenvalue weighted by Gasteiger charge is 2.25. The van der Waals surface area contributed by atoms with Gasteiger partial charge in [0.05, 0.1) is 5.52 Å². The Kier molecular flexibility index (Phi) is 6.52. The number of hydrogen-bond donors (Lipinski definition) is 1. The minimum Gasteiger partial charge on any atom is -0.444 e. The molecule has 0 spiro atoms. The van der Waals surface area contributed by atoms with Crippen LogP contribution in [0.3, 0.4) is 0 Å². The fraction of sp³-hybridized carbons (Fsp3) is 0.417. The van der Waals surface area contributed by atoms with Gasteiger partial charge >= 0.3 is 6.09 Å². The molecule has 2 aromatic carbocycles. The van der Waals surface area contributed by atoms with Gasteiger partial charge in [0, 0.05) is 38.1 Å². The van der Waals surface area contributed by atoms with Crippen molar-refractivity contribution in [1.82, 2.24) is 20.0 Å². The zero-order valence-corrected chi connectivity index (χ0v) is 20.5. The largest absolute Gasteiger partial charge is 0.444 e. The summed E-state index contributed by atoms with van der Waals surface area (Å²) >= 11 is 2.29. The van der Waals surface area contributed by atoms with E-state index in [-0.39, 0.29) is 6.09 Å². The zero-order chi connectivity index (χ0) is 22.0. The molecule has 164 valence electrons. The van der Waals surface area contributed by atoms with Crippen molar-refractivity contribution >= 4 is 39.6 Å². The summed E-state index contributed by atoms with van der Waals surface area (Å²) in [4.78, 5) is 16.4. The van der Waals surface area contributed by atoms with E-state index in [9.17, 15) is 4.79 Å². The molecule has 2 heterocycles. The number of halogens is 1. The molecular formula is C24H29IN4O2. The van der Waals surface area contributed by atoms with E-state index in [2.05, 4.69) is 80.2 Å². The summed E-state index contributed by atoms with van der Waals surface area (Å²) in [5, 5.41) is 8.49. The smallest absolute Gasteiger partial charge is 0.410 e. The predicted octanol–water partition coefficient (Wildman–Crippen LogP) is 4.93. The molecule has 0 bridgehead atoms. The molecule has 0 saturated carbocycles. The van der Waals surface area contributed by atoms with Gasteiger partial charge in [0.15, 0.2) is 0 Å². The molecule has 4 rings (SSSR count). The first-order chi connectivity index (χ1) is 14.8. The van der Waals surface area contributed by atoms with Crippen LogP contribution in [0.4, 0.5) is 4.79 Å². The number of rotatable bonds is 4. The Morgan fingerprint density at radius 2 is 1.74 bits per heavy atom. The van der Waals surface area contributed by atoms with Crippen LogP contribution in [0.25, 0.3) is 22.0 Å². The third kappa shape index (κ3) is 5.57. The zero-order valence-electron chi connectivity index (χ0n) is 18.3. The molecule has 0 aliphatic carbocycles. The summed E-state index contributed by atoms with van der Waals surface area (Å²) in [5.74, 6) is 0. The van der Waals surface area contributed by atoms with E-state index in [1.165, 1.54) is 16.7 Å². The number of nitrogens with zero attached hydrogens (tertiary/aromatic N) is 3. The number of aromatic nitrogens is 2. The summed E-state index contributed by atoms with van der Waals surface area (Å²) in [6, 6.07) is 15.2. The number of carbonyl (C=O) groups excluding carboxylic acids is 1. The molecule has 7 heteroatoms. The lowest BCUT2D eigenvalue weighted by atomic mass is 10.0. The molecule has 3 aromatic rings. The highest BCUT2D eigenvalue weighted by Crippen LogP contribution is 2.26. The molecule has 31 heavy (non-hydrogen) atoms. The number of carbonyl (C=O) groups is 1. The number of hydrogen-bond acceptors (Lipinski definition) is 4. The summed E-state index contributed by atoms with van der Waals surface area (Å²) in [7, 11) is 0. The number of amides is 1. The Hall–Kier alpha value is -2.13. The van der Waals surface area contributed by atoms with Gasteiger partial charge in [0.1, 0.15) is 9.30 Å². The minimum atomic E-state index is -0.441. The quantitative estimate of drug-likeness (QED) is 0.485. The van der Waals surface area contributed by atoms with Gasteiger partial charge in [-0.25, -0.2) is 4.79 Å². The maximum atomic E-state index is 12.2. The number of fused-ring (bicyclic) bond motifs is 1. The average Bonchev–Trinajstić information content (AvgIpc) is 3.12. The second kappa shape index (κ2) is 9.16. The van der Waals surface area contributed by atoms with E-state index in [0.717, 1.165) is 53.7 Å². The van der Waals surface area contributed by atoms with Crippen molar-refractivity contribution in [3.8, 4) is 11.1 Å². The number of H-pyrrole nitrogens is 1. The maximum Gasteiger partial charge on any atom is 0.410 e. The average molecular weight is 532 g/mol. The lowest BCUT2D eigenvalue weighted by Gasteiger charge is -2.35. The second-order valence-corrected chi connectivity index (χ2v) is 10.1. The highest BCUT2D eigenvalue weighted by atomic mass is 127. The summed E-state index contributed by atoms with van der Waals surface area (Å²) in [5.41, 5.74) is 4.31. The third-order valence-electron chi connectivity index (χ3n) is 5.54. The first-order valence-electron chi connectivity index (χ1n) is 10.7. The molecular weight excluding hydrogens is 503 g/mol. The van der Waals surface area contributed by atoms with Crippen molar-refractivity contribution in [3.05, 3.63) is 51.7 Å². The maximum absolute atomic E-state index is 12.2. The summed E-state index contributed by atoms with van der Waals surface area (Å²) in [6.07, 6.45) is 0.803. The number of aromatic amines is 1. The molecule has 6 nitrogen and oxygen atoms in total. The summed E-state index contributed by atoms with van der Waals surface area (Å²) < 4.78 is 6.55. The molecule has 1 fully saturated rings. The number of nitrogens with one attached hydrogen (secondary N) is 1. The number of piperazine rings is 1. The van der Waals surface area contributed by atoms with Gasteiger partial charge in [-0.2, -0.15) is 5.10 Å². The van der Waals surface area contributed by atoms with Crippen LogP contribution < -0.4 is 0 Å². The van der Waals surface area contributed by atoms with Crippen LogP contribution in [0, 0.1) is 3.70 Å². The van der Waals surface area contributed by atoms with E-state index in [4.69, 9.17) is 4.74 Å². The third-order valence-corrected chi connectivity index (χ3v) is 6.36. The Bertz CT molecular complexity index is 1050. The fourth-order valence-electron chi connectivity index (χ4n) is 3.79. The number of ether oxygens (including phenoxy) is 1. The Morgan fingerprint density at radius 3 is 2.42 bits per heavy atom. The van der Waals surface area contributed by atoms with Crippen LogP contribution in [0.1, 0.15) is 26.3 Å². The van der Waals surface area contributed by atoms with Gasteiger partial charge < -0.3 is 9.64 Å². The first-order valence-corrected chi connectivity index (χ1v) is 11.8. The van der Waals surface area contributed by atoms with Crippen LogP contribution in [-0.2, 0) is 11.2 Å². The van der Waals surface area contributed by atoms with E-state index in [0.29, 0.717) is 0 Å². The first kappa shape index (κ1) is 22.1. The van der Waals surface area contributed by atoms with Crippen LogP contribution in [0.5, 0.6) is 0 Å². The lowest BCUT2D eigenvalue weighted by Crippen LogP contribution is -2.50. The van der Waals surface area contributed by atoms with Crippen molar-refractivity contribution in [3.63, 3.8) is 0 Å². The Labute approximate surface area is 197 Å². The van der Waals surface area contributed by atoms with Gasteiger partial charge in [-0.1, -0.05) is 30.3 Å². The molecule has 0 atom stereocenters. The molecule has 1 aromatic heterocycles. The van der Waals surface area contributed by atoms with Crippen molar-refractivity contribution in [2.24, 2.45) is 0 Å². The fourth-order valence-corrected chi connectivity index (χ4v) is 4.34. The standard InChI is InChI=1S/C24H29IN4O2/c1-24(2,3)31-23(30)29-14-12-28(13-15-29)11-10-17-4-6-18(7-5-17)19-8-9-21-20(16-19)22(25)27-26-21/h4-9,16H,10-15H2,1-3H3,(H,26,27). The Morgan fingerprint density at radius 1 is 1.06 bits per heavy atom. The molecule has 0 unspecified atom stereocenters. The minimum absolute atomic E-state index is 0.203. The highest BCUT2D eigenvalue weighted by molar-refractivity contribution is 14.1. The normalized spacial score (nSPS) is 15.4. The lowest BCUT2D eigenvalue weighted by molar-refractivity contribution is 0.0146. The SMILES string of the molecule is CC(C)(C)OC(=O)N1CCN(CCc2ccc(-c3ccc4n[nH]c(I)c4c3)cc2)CC1. The van der Waals surface area contributed by atoms with Crippen molar-refractivity contribution in [2.45, 2.75) is 32.8 Å². The van der Waals surface area contributed by atoms with Crippen LogP contribution >= 0.6 is 22.6 Å². The van der Waals surface area contributed by atoms with Crippen molar-refractivity contribution in [1.29, 1.82) is 0 Å². The van der Waals surface area contributed by atoms with E-state index in [1.54, 1.807) is 0 Å². The molecule has 1 aliphatic rings. The van der Waals surface area contributed by atoms with Crippen molar-refractivity contribution in [2.75, 3.05) is 32.7 Å². The van der Waals surface area contributed by atoms with E-state index >= 15 is 0 Å². The molecule has 1 saturated heterocycles. The van der Waals surface area contributed by atoms with Gasteiger partial charge in [-0.05, 0) is 78.6 Å². The topological polar surface area (TPSA) is 61.5 Å². The summed E-state index contributed by atoms with van der Waals surface area (Å²) in [6.45, 7) is 9.95. The van der Waals surface area contributed by atoms with Crippen molar-refractivity contribution < 1.29 is 9.53 Å². The Balaban J connectivity index is 1.29. The van der Waals surface area contributed by atoms with Gasteiger partial charge in [-0.3, -0.25) is 10.00 Å². The second-order valence-electron chi connectivity index (χ2n) is 9.03. The van der Waals surface area contributed by atoms with Crippen LogP contribution in [0.15, 0.2) is 42.5 Å². The van der Waals surface area contributed by atoms with Crippen LogP contribution in [-0.4, -0.2) is 64.4 Å². The predicted molar refractivity (Wildman–Crippen MR) is 132 cm³/mol.